The van der Waals surface area contributed by atoms with Crippen molar-refractivity contribution in [1.82, 2.24) is 4.98 Å². The van der Waals surface area contributed by atoms with Crippen molar-refractivity contribution in [3.63, 3.8) is 0 Å². The Morgan fingerprint density at radius 2 is 2.18 bits per heavy atom. The third-order valence-electron chi connectivity index (χ3n) is 2.08. The second-order valence-electron chi connectivity index (χ2n) is 3.33. The number of anilines is 1. The summed E-state index contributed by atoms with van der Waals surface area (Å²) in [6.07, 6.45) is 1.46. The van der Waals surface area contributed by atoms with Gasteiger partial charge in [-0.15, -0.1) is 0 Å². The minimum absolute atomic E-state index is 0.0131. The second kappa shape index (κ2) is 4.82. The predicted molar refractivity (Wildman–Crippen MR) is 67.3 cm³/mol. The van der Waals surface area contributed by atoms with Crippen LogP contribution in [-0.2, 0) is 16.6 Å². The van der Waals surface area contributed by atoms with Crippen LogP contribution < -0.4 is 10.5 Å². The second-order valence-corrected chi connectivity index (χ2v) is 5.74. The molecule has 0 aliphatic heterocycles. The Morgan fingerprint density at radius 3 is 2.71 bits per heavy atom. The van der Waals surface area contributed by atoms with Crippen molar-refractivity contribution in [2.75, 3.05) is 4.72 Å². The highest BCUT2D eigenvalue weighted by Gasteiger charge is 2.15. The molecule has 3 N–H and O–H groups in total. The number of aromatic nitrogens is 1. The molecule has 2 aromatic rings. The molecule has 90 valence electrons. The van der Waals surface area contributed by atoms with Gasteiger partial charge in [0.15, 0.2) is 5.03 Å². The van der Waals surface area contributed by atoms with Crippen LogP contribution in [0.5, 0.6) is 0 Å². The molecule has 0 fully saturated rings. The average Bonchev–Trinajstić information content (AvgIpc) is 2.81. The zero-order valence-corrected chi connectivity index (χ0v) is 10.5. The number of pyridine rings is 1. The summed E-state index contributed by atoms with van der Waals surface area (Å²) in [6.45, 7) is 0.339. The van der Waals surface area contributed by atoms with Crippen LogP contribution in [0.2, 0.25) is 0 Å². The Hall–Kier alpha value is -1.44. The van der Waals surface area contributed by atoms with Gasteiger partial charge in [-0.1, -0.05) is 6.07 Å². The third-order valence-corrected chi connectivity index (χ3v) is 4.06. The van der Waals surface area contributed by atoms with E-state index in [1.807, 2.05) is 0 Å². The van der Waals surface area contributed by atoms with Crippen LogP contribution in [0.15, 0.2) is 40.2 Å². The summed E-state index contributed by atoms with van der Waals surface area (Å²) in [5.74, 6) is 0. The third kappa shape index (κ3) is 2.82. The highest BCUT2D eigenvalue weighted by molar-refractivity contribution is 7.92. The number of sulfonamides is 1. The minimum atomic E-state index is -3.60. The SMILES string of the molecule is NCc1ccc(S(=O)(=O)Nc2ccsc2)nc1. The van der Waals surface area contributed by atoms with E-state index in [1.54, 1.807) is 22.9 Å². The van der Waals surface area contributed by atoms with Crippen LogP contribution in [0.3, 0.4) is 0 Å². The maximum atomic E-state index is 11.9. The Bertz CT molecular complexity index is 577. The standard InChI is InChI=1S/C10H11N3O2S2/c11-5-8-1-2-10(12-6-8)17(14,15)13-9-3-4-16-7-9/h1-4,6-7,13H,5,11H2. The van der Waals surface area contributed by atoms with E-state index in [-0.39, 0.29) is 5.03 Å². The molecule has 0 unspecified atom stereocenters. The van der Waals surface area contributed by atoms with Crippen molar-refractivity contribution in [1.29, 1.82) is 0 Å². The fraction of sp³-hybridized carbons (Fsp3) is 0.100. The fourth-order valence-corrected chi connectivity index (χ4v) is 2.86. The van der Waals surface area contributed by atoms with Gasteiger partial charge in [-0.2, -0.15) is 19.8 Å². The van der Waals surface area contributed by atoms with Crippen LogP contribution in [-0.4, -0.2) is 13.4 Å². The molecule has 0 amide bonds. The van der Waals surface area contributed by atoms with E-state index in [4.69, 9.17) is 5.73 Å². The Morgan fingerprint density at radius 1 is 1.35 bits per heavy atom. The first-order valence-corrected chi connectivity index (χ1v) is 7.24. The number of hydrogen-bond donors (Lipinski definition) is 2. The summed E-state index contributed by atoms with van der Waals surface area (Å²) in [4.78, 5) is 3.87. The van der Waals surface area contributed by atoms with Crippen molar-refractivity contribution in [3.05, 3.63) is 40.7 Å². The number of hydrogen-bond acceptors (Lipinski definition) is 5. The van der Waals surface area contributed by atoms with Gasteiger partial charge in [0.25, 0.3) is 10.0 Å². The lowest BCUT2D eigenvalue weighted by atomic mass is 10.3. The molecule has 0 bridgehead atoms. The lowest BCUT2D eigenvalue weighted by molar-refractivity contribution is 0.597. The first-order chi connectivity index (χ1) is 8.12. The van der Waals surface area contributed by atoms with Gasteiger partial charge in [0, 0.05) is 18.1 Å². The van der Waals surface area contributed by atoms with E-state index in [0.717, 1.165) is 5.56 Å². The summed E-state index contributed by atoms with van der Waals surface area (Å²) in [7, 11) is -3.60. The molecule has 0 spiro atoms. The van der Waals surface area contributed by atoms with E-state index in [2.05, 4.69) is 9.71 Å². The molecular weight excluding hydrogens is 258 g/mol. The van der Waals surface area contributed by atoms with Crippen molar-refractivity contribution in [3.8, 4) is 0 Å². The molecule has 0 aliphatic rings. The molecule has 0 saturated heterocycles. The van der Waals surface area contributed by atoms with E-state index in [9.17, 15) is 8.42 Å². The summed E-state index contributed by atoms with van der Waals surface area (Å²) in [6, 6.07) is 4.78. The molecule has 0 saturated carbocycles. The highest BCUT2D eigenvalue weighted by Crippen LogP contribution is 2.17. The normalized spacial score (nSPS) is 11.4. The minimum Gasteiger partial charge on any atom is -0.326 e. The zero-order valence-electron chi connectivity index (χ0n) is 8.83. The van der Waals surface area contributed by atoms with Crippen LogP contribution in [0.4, 0.5) is 5.69 Å². The topological polar surface area (TPSA) is 85.1 Å². The zero-order chi connectivity index (χ0) is 12.3. The fourth-order valence-electron chi connectivity index (χ4n) is 1.22. The van der Waals surface area contributed by atoms with Gasteiger partial charge < -0.3 is 5.73 Å². The van der Waals surface area contributed by atoms with Crippen LogP contribution in [0, 0.1) is 0 Å². The van der Waals surface area contributed by atoms with Crippen LogP contribution in [0.25, 0.3) is 0 Å². The smallest absolute Gasteiger partial charge is 0.279 e. The van der Waals surface area contributed by atoms with Gasteiger partial charge in [-0.05, 0) is 23.1 Å². The lowest BCUT2D eigenvalue weighted by Gasteiger charge is -2.05. The average molecular weight is 269 g/mol. The van der Waals surface area contributed by atoms with Gasteiger partial charge in [0.05, 0.1) is 5.69 Å². The lowest BCUT2D eigenvalue weighted by Crippen LogP contribution is -2.14. The van der Waals surface area contributed by atoms with Crippen molar-refractivity contribution >= 4 is 27.0 Å². The molecule has 2 rings (SSSR count). The first-order valence-electron chi connectivity index (χ1n) is 4.82. The molecule has 7 heteroatoms. The van der Waals surface area contributed by atoms with Gasteiger partial charge in [0.2, 0.25) is 0 Å². The quantitative estimate of drug-likeness (QED) is 0.878. The molecule has 5 nitrogen and oxygen atoms in total. The molecule has 0 aliphatic carbocycles. The molecule has 2 aromatic heterocycles. The van der Waals surface area contributed by atoms with E-state index in [0.29, 0.717) is 12.2 Å². The monoisotopic (exact) mass is 269 g/mol. The van der Waals surface area contributed by atoms with Crippen molar-refractivity contribution in [2.45, 2.75) is 11.6 Å². The summed E-state index contributed by atoms with van der Waals surface area (Å²) < 4.78 is 26.2. The largest absolute Gasteiger partial charge is 0.326 e. The van der Waals surface area contributed by atoms with Gasteiger partial charge >= 0.3 is 0 Å². The van der Waals surface area contributed by atoms with Crippen LogP contribution in [0.1, 0.15) is 5.56 Å². The number of nitrogens with zero attached hydrogens (tertiary/aromatic N) is 1. The summed E-state index contributed by atoms with van der Waals surface area (Å²) in [5.41, 5.74) is 6.75. The Kier molecular flexibility index (Phi) is 3.41. The molecular formula is C10H11N3O2S2. The molecule has 0 aromatic carbocycles. The maximum Gasteiger partial charge on any atom is 0.279 e. The van der Waals surface area contributed by atoms with Gasteiger partial charge in [0.1, 0.15) is 0 Å². The predicted octanol–water partition coefficient (Wildman–Crippen LogP) is 1.40. The van der Waals surface area contributed by atoms with E-state index < -0.39 is 10.0 Å². The number of nitrogens with two attached hydrogens (primary N) is 1. The molecule has 17 heavy (non-hydrogen) atoms. The Balaban J connectivity index is 2.25. The molecule has 2 heterocycles. The summed E-state index contributed by atoms with van der Waals surface area (Å²) >= 11 is 1.42. The maximum absolute atomic E-state index is 11.9. The Labute approximate surface area is 103 Å². The number of nitrogens with one attached hydrogen (secondary N) is 1. The van der Waals surface area contributed by atoms with Crippen LogP contribution >= 0.6 is 11.3 Å². The first kappa shape index (κ1) is 12.0. The number of rotatable bonds is 4. The molecule has 0 atom stereocenters. The van der Waals surface area contributed by atoms with E-state index in [1.165, 1.54) is 23.6 Å². The van der Waals surface area contributed by atoms with Gasteiger partial charge in [-0.25, -0.2) is 4.98 Å². The van der Waals surface area contributed by atoms with Gasteiger partial charge in [-0.3, -0.25) is 4.72 Å². The number of thiophene rings is 1. The molecule has 0 radical (unpaired) electrons. The van der Waals surface area contributed by atoms with Crippen molar-refractivity contribution < 1.29 is 8.42 Å². The summed E-state index contributed by atoms with van der Waals surface area (Å²) in [5, 5.41) is 3.50. The van der Waals surface area contributed by atoms with Crippen molar-refractivity contribution in [2.24, 2.45) is 5.73 Å². The highest BCUT2D eigenvalue weighted by atomic mass is 32.2. The van der Waals surface area contributed by atoms with E-state index >= 15 is 0 Å².